The predicted molar refractivity (Wildman–Crippen MR) is 136 cm³/mol. The van der Waals surface area contributed by atoms with Crippen molar-refractivity contribution >= 4 is 81.2 Å². The van der Waals surface area contributed by atoms with Crippen LogP contribution in [0.2, 0.25) is 15.1 Å². The maximum Gasteiger partial charge on any atom is 0.283 e. The van der Waals surface area contributed by atoms with Gasteiger partial charge in [0.25, 0.3) is 17.7 Å². The van der Waals surface area contributed by atoms with Crippen LogP contribution in [0.1, 0.15) is 15.9 Å². The maximum absolute atomic E-state index is 13.0. The molecule has 0 saturated heterocycles. The van der Waals surface area contributed by atoms with E-state index in [0.717, 1.165) is 10.5 Å². The van der Waals surface area contributed by atoms with E-state index in [1.54, 1.807) is 61.5 Å². The third kappa shape index (κ3) is 4.76. The van der Waals surface area contributed by atoms with E-state index in [-0.39, 0.29) is 10.7 Å². The first-order chi connectivity index (χ1) is 16.2. The van der Waals surface area contributed by atoms with Gasteiger partial charge in [0.2, 0.25) is 0 Å². The Kier molecular flexibility index (Phi) is 6.86. The Morgan fingerprint density at radius 3 is 2.21 bits per heavy atom. The molecular formula is C24H15Cl4N3O3. The molecule has 0 unspecified atom stereocenters. The van der Waals surface area contributed by atoms with Crippen LogP contribution in [0.15, 0.2) is 71.4 Å². The topological polar surface area (TPSA) is 78.5 Å². The molecule has 1 heterocycles. The summed E-state index contributed by atoms with van der Waals surface area (Å²) in [7, 11) is 0. The molecule has 172 valence electrons. The van der Waals surface area contributed by atoms with E-state index in [1.165, 1.54) is 6.07 Å². The minimum absolute atomic E-state index is 0.0910. The summed E-state index contributed by atoms with van der Waals surface area (Å²) < 4.78 is 0. The van der Waals surface area contributed by atoms with Crippen LogP contribution in [0.25, 0.3) is 0 Å². The zero-order valence-corrected chi connectivity index (χ0v) is 20.5. The first kappa shape index (κ1) is 24.1. The van der Waals surface area contributed by atoms with E-state index in [0.29, 0.717) is 37.7 Å². The van der Waals surface area contributed by atoms with Gasteiger partial charge in [-0.3, -0.25) is 14.4 Å². The van der Waals surface area contributed by atoms with Crippen LogP contribution in [-0.4, -0.2) is 17.7 Å². The SMILES string of the molecule is Cc1ccc(C(=O)Nc2ccc(Cl)c(Cl)c2)cc1NC1=C(Cl)C(=O)N(c2ccc(Cl)cc2)C1=O. The van der Waals surface area contributed by atoms with Crippen LogP contribution in [0.3, 0.4) is 0 Å². The summed E-state index contributed by atoms with van der Waals surface area (Å²) in [6, 6.07) is 15.9. The zero-order chi connectivity index (χ0) is 24.6. The lowest BCUT2D eigenvalue weighted by molar-refractivity contribution is -0.120. The molecule has 0 fully saturated rings. The Morgan fingerprint density at radius 2 is 1.53 bits per heavy atom. The number of carbonyl (C=O) groups excluding carboxylic acids is 3. The second-order valence-corrected chi connectivity index (χ2v) is 8.98. The first-order valence-electron chi connectivity index (χ1n) is 9.84. The summed E-state index contributed by atoms with van der Waals surface area (Å²) in [6.07, 6.45) is 0. The highest BCUT2D eigenvalue weighted by molar-refractivity contribution is 6.53. The van der Waals surface area contributed by atoms with Crippen LogP contribution in [0, 0.1) is 6.92 Å². The Morgan fingerprint density at radius 1 is 0.824 bits per heavy atom. The molecule has 0 bridgehead atoms. The summed E-state index contributed by atoms with van der Waals surface area (Å²) in [5, 5.41) is 6.54. The van der Waals surface area contributed by atoms with Crippen molar-refractivity contribution < 1.29 is 14.4 Å². The van der Waals surface area contributed by atoms with Crippen LogP contribution < -0.4 is 15.5 Å². The minimum Gasteiger partial charge on any atom is -0.349 e. The highest BCUT2D eigenvalue weighted by atomic mass is 35.5. The molecule has 1 aliphatic heterocycles. The van der Waals surface area contributed by atoms with Crippen LogP contribution in [0.5, 0.6) is 0 Å². The third-order valence-electron chi connectivity index (χ3n) is 5.05. The number of amides is 3. The van der Waals surface area contributed by atoms with E-state index in [9.17, 15) is 14.4 Å². The van der Waals surface area contributed by atoms with Crippen LogP contribution in [-0.2, 0) is 9.59 Å². The molecular weight excluding hydrogens is 520 g/mol. The summed E-state index contributed by atoms with van der Waals surface area (Å²) in [4.78, 5) is 39.4. The molecule has 0 atom stereocenters. The minimum atomic E-state index is -0.664. The van der Waals surface area contributed by atoms with Gasteiger partial charge >= 0.3 is 0 Å². The van der Waals surface area contributed by atoms with Crippen molar-refractivity contribution in [3.63, 3.8) is 0 Å². The fourth-order valence-electron chi connectivity index (χ4n) is 3.25. The average molecular weight is 535 g/mol. The monoisotopic (exact) mass is 533 g/mol. The molecule has 4 rings (SSSR count). The number of benzene rings is 3. The van der Waals surface area contributed by atoms with Gasteiger partial charge in [0.15, 0.2) is 0 Å². The molecule has 0 saturated carbocycles. The number of nitrogens with zero attached hydrogens (tertiary/aromatic N) is 1. The lowest BCUT2D eigenvalue weighted by Crippen LogP contribution is -2.32. The highest BCUT2D eigenvalue weighted by Crippen LogP contribution is 2.32. The molecule has 3 aromatic rings. The molecule has 1 aliphatic rings. The lowest BCUT2D eigenvalue weighted by atomic mass is 10.1. The van der Waals surface area contributed by atoms with Gasteiger partial charge in [-0.05, 0) is 67.1 Å². The molecule has 2 N–H and O–H groups in total. The normalized spacial score (nSPS) is 13.5. The Hall–Kier alpha value is -3.03. The van der Waals surface area contributed by atoms with E-state index in [2.05, 4.69) is 10.6 Å². The lowest BCUT2D eigenvalue weighted by Gasteiger charge is -2.16. The Labute approximate surface area is 215 Å². The molecule has 0 aromatic heterocycles. The summed E-state index contributed by atoms with van der Waals surface area (Å²) in [5.74, 6) is -1.69. The summed E-state index contributed by atoms with van der Waals surface area (Å²) in [6.45, 7) is 1.79. The van der Waals surface area contributed by atoms with Crippen molar-refractivity contribution in [1.29, 1.82) is 0 Å². The molecule has 0 aliphatic carbocycles. The molecule has 3 aromatic carbocycles. The number of rotatable bonds is 5. The van der Waals surface area contributed by atoms with Crippen molar-refractivity contribution in [3.8, 4) is 0 Å². The van der Waals surface area contributed by atoms with Crippen LogP contribution >= 0.6 is 46.4 Å². The molecule has 0 spiro atoms. The number of nitrogens with one attached hydrogen (secondary N) is 2. The van der Waals surface area contributed by atoms with Crippen molar-refractivity contribution in [3.05, 3.63) is 97.6 Å². The molecule has 6 nitrogen and oxygen atoms in total. The summed E-state index contributed by atoms with van der Waals surface area (Å²) in [5.41, 5.74) is 2.19. The molecule has 3 amide bonds. The number of anilines is 3. The number of carbonyl (C=O) groups is 3. The van der Waals surface area contributed by atoms with Crippen LogP contribution in [0.4, 0.5) is 17.1 Å². The maximum atomic E-state index is 13.0. The smallest absolute Gasteiger partial charge is 0.283 e. The Bertz CT molecular complexity index is 1370. The number of hydrogen-bond donors (Lipinski definition) is 2. The van der Waals surface area contributed by atoms with Gasteiger partial charge < -0.3 is 10.6 Å². The first-order valence-corrected chi connectivity index (χ1v) is 11.3. The van der Waals surface area contributed by atoms with Gasteiger partial charge in [-0.2, -0.15) is 0 Å². The third-order valence-corrected chi connectivity index (χ3v) is 6.39. The average Bonchev–Trinajstić information content (AvgIpc) is 3.01. The number of hydrogen-bond acceptors (Lipinski definition) is 4. The second-order valence-electron chi connectivity index (χ2n) is 7.35. The number of imide groups is 1. The molecule has 10 heteroatoms. The zero-order valence-electron chi connectivity index (χ0n) is 17.5. The van der Waals surface area contributed by atoms with E-state index in [1.807, 2.05) is 0 Å². The molecule has 0 radical (unpaired) electrons. The predicted octanol–water partition coefficient (Wildman–Crippen LogP) is 6.64. The quantitative estimate of drug-likeness (QED) is 0.359. The number of aryl methyl sites for hydroxylation is 1. The van der Waals surface area contributed by atoms with Crippen molar-refractivity contribution in [2.24, 2.45) is 0 Å². The second kappa shape index (κ2) is 9.68. The van der Waals surface area contributed by atoms with Gasteiger partial charge in [0.1, 0.15) is 10.7 Å². The Balaban J connectivity index is 1.58. The standard InChI is InChI=1S/C24H15Cl4N3O3/c1-12-2-3-13(22(32)29-15-6-9-17(26)18(27)11-15)10-19(12)30-21-20(28)23(33)31(24(21)34)16-7-4-14(25)5-8-16/h2-11,30H,1H3,(H,29,32). The number of halogens is 4. The van der Waals surface area contributed by atoms with Gasteiger partial charge in [-0.25, -0.2) is 4.90 Å². The van der Waals surface area contributed by atoms with Gasteiger partial charge in [0.05, 0.1) is 15.7 Å². The van der Waals surface area contributed by atoms with Crippen molar-refractivity contribution in [2.45, 2.75) is 6.92 Å². The van der Waals surface area contributed by atoms with Crippen molar-refractivity contribution in [1.82, 2.24) is 0 Å². The van der Waals surface area contributed by atoms with Gasteiger partial charge in [0, 0.05) is 22.0 Å². The van der Waals surface area contributed by atoms with Gasteiger partial charge in [-0.1, -0.05) is 52.5 Å². The van der Waals surface area contributed by atoms with Gasteiger partial charge in [-0.15, -0.1) is 0 Å². The fourth-order valence-corrected chi connectivity index (χ4v) is 3.88. The van der Waals surface area contributed by atoms with E-state index < -0.39 is 17.7 Å². The van der Waals surface area contributed by atoms with Crippen molar-refractivity contribution in [2.75, 3.05) is 15.5 Å². The highest BCUT2D eigenvalue weighted by Gasteiger charge is 2.39. The van der Waals surface area contributed by atoms with E-state index >= 15 is 0 Å². The fraction of sp³-hybridized carbons (Fsp3) is 0.0417. The summed E-state index contributed by atoms with van der Waals surface area (Å²) >= 11 is 24.0. The van der Waals surface area contributed by atoms with E-state index in [4.69, 9.17) is 46.4 Å². The largest absolute Gasteiger partial charge is 0.349 e. The molecule has 34 heavy (non-hydrogen) atoms.